The maximum Gasteiger partial charge on any atom is 0.319 e. The summed E-state index contributed by atoms with van der Waals surface area (Å²) in [7, 11) is 0. The van der Waals surface area contributed by atoms with Crippen LogP contribution in [0.5, 0.6) is 0 Å². The zero-order chi connectivity index (χ0) is 13.0. The third-order valence-corrected chi connectivity index (χ3v) is 3.36. The van der Waals surface area contributed by atoms with Crippen molar-refractivity contribution in [2.75, 3.05) is 5.32 Å². The van der Waals surface area contributed by atoms with Crippen LogP contribution >= 0.6 is 11.6 Å². The number of anilines is 1. The van der Waals surface area contributed by atoms with Crippen molar-refractivity contribution in [1.29, 1.82) is 0 Å². The van der Waals surface area contributed by atoms with E-state index in [4.69, 9.17) is 11.6 Å². The van der Waals surface area contributed by atoms with E-state index in [1.807, 2.05) is 0 Å². The van der Waals surface area contributed by atoms with Crippen LogP contribution in [0.1, 0.15) is 25.7 Å². The molecule has 1 aliphatic rings. The molecule has 1 fully saturated rings. The topological polar surface area (TPSA) is 61.4 Å². The van der Waals surface area contributed by atoms with Crippen LogP contribution in [0.15, 0.2) is 24.3 Å². The smallest absolute Gasteiger partial charge is 0.319 e. The minimum Gasteiger partial charge on any atom is -0.391 e. The lowest BCUT2D eigenvalue weighted by molar-refractivity contribution is 0.0955. The highest BCUT2D eigenvalue weighted by Gasteiger charge is 2.24. The third-order valence-electron chi connectivity index (χ3n) is 3.13. The molecule has 2 rings (SSSR count). The number of carbonyl (C=O) groups excluding carboxylic acids is 1. The summed E-state index contributed by atoms with van der Waals surface area (Å²) in [6.07, 6.45) is 3.20. The minimum absolute atomic E-state index is 0.155. The van der Waals surface area contributed by atoms with Gasteiger partial charge in [0, 0.05) is 10.7 Å². The minimum atomic E-state index is -0.441. The van der Waals surface area contributed by atoms with Gasteiger partial charge in [0.1, 0.15) is 0 Å². The van der Waals surface area contributed by atoms with Crippen molar-refractivity contribution < 1.29 is 9.90 Å². The average Bonchev–Trinajstić information content (AvgIpc) is 2.32. The lowest BCUT2D eigenvalue weighted by Gasteiger charge is -2.28. The number of hydrogen-bond donors (Lipinski definition) is 3. The molecule has 2 amide bonds. The summed E-state index contributed by atoms with van der Waals surface area (Å²) >= 11 is 5.83. The van der Waals surface area contributed by atoms with Crippen LogP contribution in [0.4, 0.5) is 10.5 Å². The van der Waals surface area contributed by atoms with Gasteiger partial charge in [0.2, 0.25) is 0 Å². The van der Waals surface area contributed by atoms with E-state index >= 15 is 0 Å². The maximum atomic E-state index is 11.8. The zero-order valence-electron chi connectivity index (χ0n) is 10.0. The van der Waals surface area contributed by atoms with Crippen molar-refractivity contribution in [2.24, 2.45) is 0 Å². The first kappa shape index (κ1) is 13.2. The van der Waals surface area contributed by atoms with Gasteiger partial charge < -0.3 is 15.7 Å². The van der Waals surface area contributed by atoms with Crippen molar-refractivity contribution >= 4 is 23.3 Å². The van der Waals surface area contributed by atoms with Gasteiger partial charge in [0.25, 0.3) is 0 Å². The Labute approximate surface area is 111 Å². The number of aliphatic hydroxyl groups excluding tert-OH is 1. The Morgan fingerprint density at radius 3 is 2.83 bits per heavy atom. The first-order valence-corrected chi connectivity index (χ1v) is 6.54. The molecule has 0 saturated heterocycles. The van der Waals surface area contributed by atoms with E-state index in [0.29, 0.717) is 10.7 Å². The fourth-order valence-electron chi connectivity index (χ4n) is 2.18. The Kier molecular flexibility index (Phi) is 4.44. The number of urea groups is 1. The normalized spacial score (nSPS) is 23.4. The first-order chi connectivity index (χ1) is 8.65. The molecule has 2 unspecified atom stereocenters. The van der Waals surface area contributed by atoms with Gasteiger partial charge in [-0.05, 0) is 31.0 Å². The molecule has 5 heteroatoms. The summed E-state index contributed by atoms with van der Waals surface area (Å²) in [4.78, 5) is 11.8. The van der Waals surface area contributed by atoms with Crippen LogP contribution in [-0.2, 0) is 0 Å². The number of nitrogens with one attached hydrogen (secondary N) is 2. The Morgan fingerprint density at radius 2 is 2.11 bits per heavy atom. The second kappa shape index (κ2) is 6.07. The van der Waals surface area contributed by atoms with E-state index in [1.54, 1.807) is 24.3 Å². The number of benzene rings is 1. The maximum absolute atomic E-state index is 11.8. The molecular formula is C13H17ClN2O2. The van der Waals surface area contributed by atoms with Gasteiger partial charge in [-0.2, -0.15) is 0 Å². The predicted molar refractivity (Wildman–Crippen MR) is 71.9 cm³/mol. The molecule has 0 heterocycles. The molecule has 1 aromatic rings. The summed E-state index contributed by atoms with van der Waals surface area (Å²) in [5.41, 5.74) is 0.644. The number of aliphatic hydroxyl groups is 1. The summed E-state index contributed by atoms with van der Waals surface area (Å²) < 4.78 is 0. The summed E-state index contributed by atoms with van der Waals surface area (Å²) in [6.45, 7) is 0. The Hall–Kier alpha value is -1.26. The fraction of sp³-hybridized carbons (Fsp3) is 0.462. The van der Waals surface area contributed by atoms with Crippen LogP contribution in [0.2, 0.25) is 5.02 Å². The van der Waals surface area contributed by atoms with Crippen LogP contribution in [0.3, 0.4) is 0 Å². The van der Waals surface area contributed by atoms with Crippen LogP contribution in [-0.4, -0.2) is 23.3 Å². The Morgan fingerprint density at radius 1 is 1.33 bits per heavy atom. The summed E-state index contributed by atoms with van der Waals surface area (Å²) in [5.74, 6) is 0. The van der Waals surface area contributed by atoms with Crippen LogP contribution in [0, 0.1) is 0 Å². The first-order valence-electron chi connectivity index (χ1n) is 6.16. The lowest BCUT2D eigenvalue weighted by Crippen LogP contribution is -2.46. The fourth-order valence-corrected chi connectivity index (χ4v) is 2.37. The predicted octanol–water partition coefficient (Wildman–Crippen LogP) is 2.77. The van der Waals surface area contributed by atoms with E-state index in [2.05, 4.69) is 10.6 Å². The van der Waals surface area contributed by atoms with E-state index in [9.17, 15) is 9.90 Å². The molecule has 3 N–H and O–H groups in total. The van der Waals surface area contributed by atoms with E-state index in [-0.39, 0.29) is 12.1 Å². The third kappa shape index (κ3) is 3.62. The van der Waals surface area contributed by atoms with Crippen molar-refractivity contribution in [1.82, 2.24) is 5.32 Å². The number of hydrogen-bond acceptors (Lipinski definition) is 2. The van der Waals surface area contributed by atoms with Crippen LogP contribution < -0.4 is 10.6 Å². The molecule has 4 nitrogen and oxygen atoms in total. The van der Waals surface area contributed by atoms with Gasteiger partial charge in [-0.3, -0.25) is 0 Å². The SMILES string of the molecule is O=C(Nc1cccc(Cl)c1)NC1CCCCC1O. The second-order valence-electron chi connectivity index (χ2n) is 4.57. The monoisotopic (exact) mass is 268 g/mol. The molecule has 1 aliphatic carbocycles. The average molecular weight is 269 g/mol. The van der Waals surface area contributed by atoms with Crippen molar-refractivity contribution in [3.05, 3.63) is 29.3 Å². The van der Waals surface area contributed by atoms with Gasteiger partial charge in [0.05, 0.1) is 12.1 Å². The van der Waals surface area contributed by atoms with Gasteiger partial charge in [-0.15, -0.1) is 0 Å². The molecule has 2 atom stereocenters. The van der Waals surface area contributed by atoms with Crippen LogP contribution in [0.25, 0.3) is 0 Å². The summed E-state index contributed by atoms with van der Waals surface area (Å²) in [6, 6.07) is 6.51. The number of amides is 2. The van der Waals surface area contributed by atoms with E-state index in [1.165, 1.54) is 0 Å². The molecule has 0 aromatic heterocycles. The van der Waals surface area contributed by atoms with Crippen molar-refractivity contribution in [3.8, 4) is 0 Å². The molecule has 0 aliphatic heterocycles. The number of rotatable bonds is 2. The van der Waals surface area contributed by atoms with Gasteiger partial charge >= 0.3 is 6.03 Å². The molecule has 1 saturated carbocycles. The number of halogens is 1. The Bertz CT molecular complexity index is 425. The molecular weight excluding hydrogens is 252 g/mol. The van der Waals surface area contributed by atoms with Gasteiger partial charge in [-0.25, -0.2) is 4.79 Å². The molecule has 0 bridgehead atoms. The van der Waals surface area contributed by atoms with Crippen molar-refractivity contribution in [3.63, 3.8) is 0 Å². The summed E-state index contributed by atoms with van der Waals surface area (Å²) in [5, 5.41) is 15.8. The molecule has 0 spiro atoms. The zero-order valence-corrected chi connectivity index (χ0v) is 10.8. The van der Waals surface area contributed by atoms with Crippen molar-refractivity contribution in [2.45, 2.75) is 37.8 Å². The standard InChI is InChI=1S/C13H17ClN2O2/c14-9-4-3-5-10(8-9)15-13(18)16-11-6-1-2-7-12(11)17/h3-5,8,11-12,17H,1-2,6-7H2,(H2,15,16,18). The highest BCUT2D eigenvalue weighted by atomic mass is 35.5. The Balaban J connectivity index is 1.88. The lowest BCUT2D eigenvalue weighted by atomic mass is 9.93. The largest absolute Gasteiger partial charge is 0.391 e. The van der Waals surface area contributed by atoms with E-state index in [0.717, 1.165) is 25.7 Å². The molecule has 98 valence electrons. The number of carbonyl (C=O) groups is 1. The molecule has 1 aromatic carbocycles. The van der Waals surface area contributed by atoms with Gasteiger partial charge in [-0.1, -0.05) is 30.5 Å². The molecule has 0 radical (unpaired) electrons. The van der Waals surface area contributed by atoms with E-state index < -0.39 is 6.10 Å². The second-order valence-corrected chi connectivity index (χ2v) is 5.00. The molecule has 18 heavy (non-hydrogen) atoms. The van der Waals surface area contributed by atoms with Gasteiger partial charge in [0.15, 0.2) is 0 Å². The quantitative estimate of drug-likeness (QED) is 0.772. The highest BCUT2D eigenvalue weighted by Crippen LogP contribution is 2.19. The highest BCUT2D eigenvalue weighted by molar-refractivity contribution is 6.30.